The van der Waals surface area contributed by atoms with E-state index < -0.39 is 0 Å². The monoisotopic (exact) mass is 192 g/mol. The molecule has 0 bridgehead atoms. The Morgan fingerprint density at radius 1 is 1.46 bits per heavy atom. The van der Waals surface area contributed by atoms with Crippen molar-refractivity contribution in [3.05, 3.63) is 42.0 Å². The van der Waals surface area contributed by atoms with Gasteiger partial charge in [-0.3, -0.25) is 0 Å². The van der Waals surface area contributed by atoms with Crippen molar-refractivity contribution in [1.29, 1.82) is 0 Å². The zero-order valence-corrected chi connectivity index (χ0v) is 8.98. The van der Waals surface area contributed by atoms with Gasteiger partial charge in [-0.15, -0.1) is 19.2 Å². The summed E-state index contributed by atoms with van der Waals surface area (Å²) in [5.41, 5.74) is 2.63. The van der Waals surface area contributed by atoms with E-state index in [9.17, 15) is 0 Å². The summed E-state index contributed by atoms with van der Waals surface area (Å²) < 4.78 is 0. The summed E-state index contributed by atoms with van der Waals surface area (Å²) in [6, 6.07) is 8.34. The van der Waals surface area contributed by atoms with Crippen LogP contribution in [0.1, 0.15) is 25.3 Å². The largest absolute Gasteiger partial charge is 0.143 e. The van der Waals surface area contributed by atoms with Crippen LogP contribution in [-0.4, -0.2) is 0 Å². The van der Waals surface area contributed by atoms with Gasteiger partial charge < -0.3 is 0 Å². The molecule has 13 heavy (non-hydrogen) atoms. The number of thiol groups is 1. The molecule has 0 aromatic heterocycles. The van der Waals surface area contributed by atoms with Crippen LogP contribution in [0, 0.1) is 0 Å². The fourth-order valence-corrected chi connectivity index (χ4v) is 1.56. The first-order valence-corrected chi connectivity index (χ1v) is 5.05. The van der Waals surface area contributed by atoms with E-state index in [4.69, 9.17) is 0 Å². The Balaban J connectivity index is 2.41. The lowest BCUT2D eigenvalue weighted by atomic mass is 10.1. The Kier molecular flexibility index (Phi) is 4.10. The summed E-state index contributed by atoms with van der Waals surface area (Å²) in [6.07, 6.45) is 3.44. The summed E-state index contributed by atoms with van der Waals surface area (Å²) >= 11 is 4.30. The van der Waals surface area contributed by atoms with E-state index >= 15 is 0 Å². The molecule has 1 heteroatoms. The zero-order chi connectivity index (χ0) is 9.68. The van der Waals surface area contributed by atoms with E-state index in [0.29, 0.717) is 0 Å². The van der Waals surface area contributed by atoms with Crippen LogP contribution < -0.4 is 0 Å². The minimum Gasteiger partial charge on any atom is -0.143 e. The van der Waals surface area contributed by atoms with Crippen LogP contribution >= 0.6 is 12.6 Å². The lowest BCUT2D eigenvalue weighted by Gasteiger charge is -2.01. The van der Waals surface area contributed by atoms with E-state index in [-0.39, 0.29) is 0 Å². The quantitative estimate of drug-likeness (QED) is 0.543. The Morgan fingerprint density at radius 2 is 2.23 bits per heavy atom. The van der Waals surface area contributed by atoms with Crippen LogP contribution in [0.5, 0.6) is 0 Å². The first-order chi connectivity index (χ1) is 6.18. The van der Waals surface area contributed by atoms with Crippen molar-refractivity contribution in [2.75, 3.05) is 0 Å². The lowest BCUT2D eigenvalue weighted by molar-refractivity contribution is 0.812. The third-order valence-electron chi connectivity index (χ3n) is 1.98. The molecule has 0 N–H and O–H groups in total. The summed E-state index contributed by atoms with van der Waals surface area (Å²) in [6.45, 7) is 5.97. The Bertz CT molecular complexity index is 289. The molecular formula is C12H16S. The second-order valence-electron chi connectivity index (χ2n) is 3.48. The van der Waals surface area contributed by atoms with Crippen molar-refractivity contribution < 1.29 is 0 Å². The molecule has 0 aliphatic heterocycles. The highest BCUT2D eigenvalue weighted by atomic mass is 32.1. The molecule has 0 spiro atoms. The van der Waals surface area contributed by atoms with Crippen molar-refractivity contribution >= 4 is 12.6 Å². The molecule has 1 aromatic carbocycles. The maximum atomic E-state index is 4.30. The normalized spacial score (nSPS) is 10.0. The Hall–Kier alpha value is -0.690. The van der Waals surface area contributed by atoms with Crippen LogP contribution in [0.4, 0.5) is 0 Å². The topological polar surface area (TPSA) is 0 Å². The molecule has 0 atom stereocenters. The fourth-order valence-electron chi connectivity index (χ4n) is 1.31. The van der Waals surface area contributed by atoms with Crippen LogP contribution in [0.15, 0.2) is 41.3 Å². The molecule has 1 rings (SSSR count). The number of hydrogen-bond donors (Lipinski definition) is 1. The molecule has 0 nitrogen and oxygen atoms in total. The van der Waals surface area contributed by atoms with Gasteiger partial charge in [0.25, 0.3) is 0 Å². The molecule has 0 saturated heterocycles. The summed E-state index contributed by atoms with van der Waals surface area (Å²) in [4.78, 5) is 1.05. The second-order valence-corrected chi connectivity index (χ2v) is 4.00. The minimum atomic E-state index is 1.05. The van der Waals surface area contributed by atoms with Crippen molar-refractivity contribution in [1.82, 2.24) is 0 Å². The van der Waals surface area contributed by atoms with Crippen molar-refractivity contribution in [3.63, 3.8) is 0 Å². The van der Waals surface area contributed by atoms with Crippen molar-refractivity contribution in [2.24, 2.45) is 0 Å². The third-order valence-corrected chi connectivity index (χ3v) is 2.26. The summed E-state index contributed by atoms with van der Waals surface area (Å²) in [5, 5.41) is 0. The summed E-state index contributed by atoms with van der Waals surface area (Å²) in [5.74, 6) is 0. The van der Waals surface area contributed by atoms with Gasteiger partial charge in [0, 0.05) is 4.90 Å². The molecule has 0 aliphatic carbocycles. The fraction of sp³-hybridized carbons (Fsp3) is 0.333. The van der Waals surface area contributed by atoms with Gasteiger partial charge in [0.05, 0.1) is 0 Å². The molecule has 0 amide bonds. The average Bonchev–Trinajstić information content (AvgIpc) is 2.03. The predicted molar refractivity (Wildman–Crippen MR) is 61.4 cm³/mol. The van der Waals surface area contributed by atoms with E-state index in [0.717, 1.165) is 17.7 Å². The highest BCUT2D eigenvalue weighted by molar-refractivity contribution is 7.80. The molecule has 0 heterocycles. The maximum absolute atomic E-state index is 4.30. The highest BCUT2D eigenvalue weighted by Crippen LogP contribution is 2.12. The van der Waals surface area contributed by atoms with E-state index in [1.165, 1.54) is 17.6 Å². The SMILES string of the molecule is C=C(C)CCCc1cccc(S)c1. The summed E-state index contributed by atoms with van der Waals surface area (Å²) in [7, 11) is 0. The molecule has 0 unspecified atom stereocenters. The van der Waals surface area contributed by atoms with Gasteiger partial charge in [0.2, 0.25) is 0 Å². The third kappa shape index (κ3) is 4.18. The molecule has 70 valence electrons. The van der Waals surface area contributed by atoms with Gasteiger partial charge in [0.1, 0.15) is 0 Å². The first-order valence-electron chi connectivity index (χ1n) is 4.61. The molecule has 0 radical (unpaired) electrons. The lowest BCUT2D eigenvalue weighted by Crippen LogP contribution is -1.85. The zero-order valence-electron chi connectivity index (χ0n) is 8.09. The van der Waals surface area contributed by atoms with E-state index in [1.54, 1.807) is 0 Å². The van der Waals surface area contributed by atoms with Crippen LogP contribution in [0.3, 0.4) is 0 Å². The molecule has 1 aromatic rings. The number of allylic oxidation sites excluding steroid dienone is 1. The van der Waals surface area contributed by atoms with Crippen molar-refractivity contribution in [3.8, 4) is 0 Å². The van der Waals surface area contributed by atoms with Gasteiger partial charge >= 0.3 is 0 Å². The number of benzene rings is 1. The number of hydrogen-bond acceptors (Lipinski definition) is 1. The minimum absolute atomic E-state index is 1.05. The number of aryl methyl sites for hydroxylation is 1. The highest BCUT2D eigenvalue weighted by Gasteiger charge is 1.93. The molecule has 0 fully saturated rings. The Morgan fingerprint density at radius 3 is 2.85 bits per heavy atom. The van der Waals surface area contributed by atoms with Gasteiger partial charge in [0.15, 0.2) is 0 Å². The van der Waals surface area contributed by atoms with Crippen molar-refractivity contribution in [2.45, 2.75) is 31.1 Å². The Labute approximate surface area is 86.1 Å². The average molecular weight is 192 g/mol. The second kappa shape index (κ2) is 5.13. The van der Waals surface area contributed by atoms with Crippen LogP contribution in [0.2, 0.25) is 0 Å². The van der Waals surface area contributed by atoms with Crippen LogP contribution in [0.25, 0.3) is 0 Å². The number of rotatable bonds is 4. The predicted octanol–water partition coefficient (Wildman–Crippen LogP) is 3.87. The van der Waals surface area contributed by atoms with Gasteiger partial charge in [-0.25, -0.2) is 0 Å². The van der Waals surface area contributed by atoms with Gasteiger partial charge in [-0.2, -0.15) is 0 Å². The van der Waals surface area contributed by atoms with E-state index in [2.05, 4.69) is 44.3 Å². The van der Waals surface area contributed by atoms with E-state index in [1.807, 2.05) is 6.07 Å². The maximum Gasteiger partial charge on any atom is 0.00427 e. The molecular weight excluding hydrogens is 176 g/mol. The van der Waals surface area contributed by atoms with Gasteiger partial charge in [-0.05, 0) is 43.9 Å². The smallest absolute Gasteiger partial charge is 0.00427 e. The molecule has 0 saturated carbocycles. The standard InChI is InChI=1S/C12H16S/c1-10(2)5-3-6-11-7-4-8-12(13)9-11/h4,7-9,13H,1,3,5-6H2,2H3. The van der Waals surface area contributed by atoms with Gasteiger partial charge in [-0.1, -0.05) is 17.7 Å². The molecule has 0 aliphatic rings. The first kappa shape index (κ1) is 10.4. The van der Waals surface area contributed by atoms with Crippen LogP contribution in [-0.2, 0) is 6.42 Å².